The van der Waals surface area contributed by atoms with Gasteiger partial charge >= 0.3 is 0 Å². The van der Waals surface area contributed by atoms with E-state index in [9.17, 15) is 4.79 Å². The summed E-state index contributed by atoms with van der Waals surface area (Å²) >= 11 is 0. The number of hydrogen-bond acceptors (Lipinski definition) is 1. The summed E-state index contributed by atoms with van der Waals surface area (Å²) < 4.78 is 0. The zero-order valence-corrected chi connectivity index (χ0v) is 9.93. The fourth-order valence-corrected chi connectivity index (χ4v) is 1.91. The Morgan fingerprint density at radius 2 is 1.43 bits per heavy atom. The van der Waals surface area contributed by atoms with Crippen LogP contribution in [0.1, 0.15) is 52.4 Å². The molecule has 1 nitrogen and oxygen atoms in total. The van der Waals surface area contributed by atoms with Crippen LogP contribution in [0, 0.1) is 0 Å². The summed E-state index contributed by atoms with van der Waals surface area (Å²) in [6, 6.07) is 0. The van der Waals surface area contributed by atoms with Crippen LogP contribution < -0.4 is 0 Å². The van der Waals surface area contributed by atoms with Gasteiger partial charge in [-0.1, -0.05) is 64.9 Å². The van der Waals surface area contributed by atoms with Crippen LogP contribution >= 0.6 is 0 Å². The summed E-state index contributed by atoms with van der Waals surface area (Å²) in [6.45, 7) is 5.39. The van der Waals surface area contributed by atoms with Crippen molar-refractivity contribution in [1.82, 2.24) is 0 Å². The molecule has 0 saturated carbocycles. The molecule has 0 aromatic carbocycles. The van der Waals surface area contributed by atoms with Crippen LogP contribution in [0.5, 0.6) is 0 Å². The second-order valence-corrected chi connectivity index (χ2v) is 4.25. The van der Waals surface area contributed by atoms with Crippen LogP contribution in [-0.4, -0.2) is 13.0 Å². The molecular formula is C12H25BO. The van der Waals surface area contributed by atoms with Gasteiger partial charge in [-0.3, -0.25) is 0 Å². The molecule has 0 amide bonds. The maximum Gasteiger partial charge on any atom is 0.139 e. The van der Waals surface area contributed by atoms with Crippen molar-refractivity contribution in [1.29, 1.82) is 0 Å². The number of carbonyl (C=O) groups is 1. The number of unbranched alkanes of at least 4 members (excludes halogenated alkanes) is 3. The molecule has 0 aliphatic heterocycles. The number of aldehydes is 1. The Labute approximate surface area is 89.7 Å². The van der Waals surface area contributed by atoms with Crippen molar-refractivity contribution in [3.05, 3.63) is 0 Å². The predicted octanol–water partition coefficient (Wildman–Crippen LogP) is 4.06. The van der Waals surface area contributed by atoms with Gasteiger partial charge in [-0.2, -0.15) is 0 Å². The lowest BCUT2D eigenvalue weighted by atomic mass is 9.41. The average molecular weight is 196 g/mol. The number of carbonyl (C=O) groups excluding carboxylic acids is 1. The minimum Gasteiger partial charge on any atom is -0.303 e. The molecule has 82 valence electrons. The molecule has 0 aliphatic carbocycles. The van der Waals surface area contributed by atoms with Crippen LogP contribution in [0.4, 0.5) is 0 Å². The van der Waals surface area contributed by atoms with E-state index < -0.39 is 0 Å². The first-order chi connectivity index (χ1) is 6.85. The van der Waals surface area contributed by atoms with Gasteiger partial charge in [0, 0.05) is 6.42 Å². The topological polar surface area (TPSA) is 17.1 Å². The first kappa shape index (κ1) is 13.7. The van der Waals surface area contributed by atoms with E-state index in [2.05, 4.69) is 13.8 Å². The van der Waals surface area contributed by atoms with Gasteiger partial charge in [0.1, 0.15) is 13.0 Å². The highest BCUT2D eigenvalue weighted by molar-refractivity contribution is 6.58. The summed E-state index contributed by atoms with van der Waals surface area (Å²) in [7, 11) is 0. The first-order valence-electron chi connectivity index (χ1n) is 6.28. The molecule has 0 rings (SSSR count). The van der Waals surface area contributed by atoms with E-state index in [4.69, 9.17) is 0 Å². The van der Waals surface area contributed by atoms with Crippen LogP contribution in [0.25, 0.3) is 0 Å². The second-order valence-electron chi connectivity index (χ2n) is 4.25. The monoisotopic (exact) mass is 196 g/mol. The van der Waals surface area contributed by atoms with Crippen LogP contribution in [0.3, 0.4) is 0 Å². The molecule has 0 radical (unpaired) electrons. The van der Waals surface area contributed by atoms with Gasteiger partial charge < -0.3 is 4.79 Å². The molecule has 0 fully saturated rings. The summed E-state index contributed by atoms with van der Waals surface area (Å²) in [5.74, 6) is 0. The Morgan fingerprint density at radius 1 is 0.929 bits per heavy atom. The Bertz CT molecular complexity index is 117. The lowest BCUT2D eigenvalue weighted by Crippen LogP contribution is -2.11. The van der Waals surface area contributed by atoms with Gasteiger partial charge in [-0.05, 0) is 0 Å². The standard InChI is InChI=1S/C12H25BO/c1-3-5-9-13(10-6-4-2)11-7-8-12-14/h12H,3-11H2,1-2H3. The third kappa shape index (κ3) is 8.34. The van der Waals surface area contributed by atoms with Gasteiger partial charge in [0.15, 0.2) is 0 Å². The minimum absolute atomic E-state index is 0.759. The highest BCUT2D eigenvalue weighted by atomic mass is 16.1. The van der Waals surface area contributed by atoms with Crippen LogP contribution in [0.15, 0.2) is 0 Å². The van der Waals surface area contributed by atoms with Crippen molar-refractivity contribution in [2.75, 3.05) is 0 Å². The molecule has 0 aliphatic rings. The quantitative estimate of drug-likeness (QED) is 0.292. The van der Waals surface area contributed by atoms with Crippen molar-refractivity contribution >= 4 is 13.0 Å². The Hall–Kier alpha value is -0.265. The van der Waals surface area contributed by atoms with Crippen LogP contribution in [-0.2, 0) is 4.79 Å². The zero-order chi connectivity index (χ0) is 10.6. The zero-order valence-electron chi connectivity index (χ0n) is 9.93. The van der Waals surface area contributed by atoms with E-state index in [1.165, 1.54) is 44.6 Å². The molecule has 0 N–H and O–H groups in total. The molecule has 0 aromatic rings. The molecule has 14 heavy (non-hydrogen) atoms. The molecule has 0 spiro atoms. The molecular weight excluding hydrogens is 171 g/mol. The van der Waals surface area contributed by atoms with Crippen molar-refractivity contribution in [2.45, 2.75) is 71.3 Å². The highest BCUT2D eigenvalue weighted by Gasteiger charge is 2.11. The molecule has 0 saturated heterocycles. The molecule has 0 bridgehead atoms. The summed E-state index contributed by atoms with van der Waals surface area (Å²) in [4.78, 5) is 10.2. The molecule has 0 atom stereocenters. The predicted molar refractivity (Wildman–Crippen MR) is 65.3 cm³/mol. The number of rotatable bonds is 10. The minimum atomic E-state index is 0.759. The Morgan fingerprint density at radius 3 is 1.86 bits per heavy atom. The van der Waals surface area contributed by atoms with E-state index in [-0.39, 0.29) is 0 Å². The lowest BCUT2D eigenvalue weighted by molar-refractivity contribution is -0.107. The smallest absolute Gasteiger partial charge is 0.139 e. The third-order valence-electron chi connectivity index (χ3n) is 2.87. The second kappa shape index (κ2) is 10.8. The van der Waals surface area contributed by atoms with Gasteiger partial charge in [0.05, 0.1) is 0 Å². The van der Waals surface area contributed by atoms with Gasteiger partial charge in [-0.15, -0.1) is 0 Å². The first-order valence-corrected chi connectivity index (χ1v) is 6.28. The summed E-state index contributed by atoms with van der Waals surface area (Å²) in [5.41, 5.74) is 0. The Balaban J connectivity index is 3.54. The van der Waals surface area contributed by atoms with Crippen molar-refractivity contribution < 1.29 is 4.79 Å². The normalized spacial score (nSPS) is 10.1. The maximum atomic E-state index is 10.2. The fraction of sp³-hybridized carbons (Fsp3) is 0.917. The van der Waals surface area contributed by atoms with Gasteiger partial charge in [0.2, 0.25) is 0 Å². The third-order valence-corrected chi connectivity index (χ3v) is 2.87. The van der Waals surface area contributed by atoms with Crippen LogP contribution in [0.2, 0.25) is 19.0 Å². The molecule has 2 heteroatoms. The number of hydrogen-bond donors (Lipinski definition) is 0. The molecule has 0 heterocycles. The van der Waals surface area contributed by atoms with E-state index in [1.807, 2.05) is 0 Å². The average Bonchev–Trinajstić information content (AvgIpc) is 2.21. The van der Waals surface area contributed by atoms with E-state index >= 15 is 0 Å². The van der Waals surface area contributed by atoms with E-state index in [0.29, 0.717) is 0 Å². The fourth-order valence-electron chi connectivity index (χ4n) is 1.91. The largest absolute Gasteiger partial charge is 0.303 e. The highest BCUT2D eigenvalue weighted by Crippen LogP contribution is 2.15. The molecule has 0 unspecified atom stereocenters. The SMILES string of the molecule is CCCCB(CCCC)CCCC=O. The van der Waals surface area contributed by atoms with Crippen molar-refractivity contribution in [3.8, 4) is 0 Å². The summed E-state index contributed by atoms with van der Waals surface area (Å²) in [5, 5.41) is 0. The maximum absolute atomic E-state index is 10.2. The van der Waals surface area contributed by atoms with Crippen molar-refractivity contribution in [3.63, 3.8) is 0 Å². The van der Waals surface area contributed by atoms with E-state index in [1.54, 1.807) is 0 Å². The van der Waals surface area contributed by atoms with Gasteiger partial charge in [-0.25, -0.2) is 0 Å². The summed E-state index contributed by atoms with van der Waals surface area (Å²) in [6.07, 6.45) is 12.2. The van der Waals surface area contributed by atoms with Crippen molar-refractivity contribution in [2.24, 2.45) is 0 Å². The Kier molecular flexibility index (Phi) is 10.6. The lowest BCUT2D eigenvalue weighted by Gasteiger charge is -2.11. The van der Waals surface area contributed by atoms with E-state index in [0.717, 1.165) is 25.8 Å². The van der Waals surface area contributed by atoms with Gasteiger partial charge in [0.25, 0.3) is 0 Å². The molecule has 0 aromatic heterocycles.